The van der Waals surface area contributed by atoms with E-state index in [4.69, 9.17) is 0 Å². The normalized spacial score (nSPS) is 12.2. The van der Waals surface area contributed by atoms with Gasteiger partial charge in [-0.1, -0.05) is 42.8 Å². The second-order valence-corrected chi connectivity index (χ2v) is 6.69. The number of nitrogens with zero attached hydrogens (tertiary/aromatic N) is 3. The van der Waals surface area contributed by atoms with Gasteiger partial charge >= 0.3 is 0 Å². The lowest BCUT2D eigenvalue weighted by Crippen LogP contribution is -2.33. The van der Waals surface area contributed by atoms with Crippen LogP contribution in [0, 0.1) is 13.8 Å². The first-order chi connectivity index (χ1) is 11.0. The van der Waals surface area contributed by atoms with Crippen LogP contribution in [-0.4, -0.2) is 32.5 Å². The predicted molar refractivity (Wildman–Crippen MR) is 94.1 cm³/mol. The maximum Gasteiger partial charge on any atom is 0.230 e. The van der Waals surface area contributed by atoms with E-state index in [9.17, 15) is 4.79 Å². The third-order valence-electron chi connectivity index (χ3n) is 3.55. The van der Waals surface area contributed by atoms with Crippen molar-refractivity contribution in [3.05, 3.63) is 35.7 Å². The smallest absolute Gasteiger partial charge is 0.230 e. The van der Waals surface area contributed by atoms with Gasteiger partial charge in [0.25, 0.3) is 0 Å². The fourth-order valence-electron chi connectivity index (χ4n) is 2.38. The Morgan fingerprint density at radius 3 is 2.61 bits per heavy atom. The van der Waals surface area contributed by atoms with Crippen LogP contribution in [0.4, 0.5) is 0 Å². The molecular formula is C17H24N4OS. The molecule has 1 aromatic heterocycles. The molecule has 0 bridgehead atoms. The summed E-state index contributed by atoms with van der Waals surface area (Å²) in [6, 6.07) is 8.41. The van der Waals surface area contributed by atoms with Crippen molar-refractivity contribution in [2.45, 2.75) is 51.7 Å². The Labute approximate surface area is 141 Å². The highest BCUT2D eigenvalue weighted by Gasteiger charge is 2.14. The third-order valence-corrected chi connectivity index (χ3v) is 4.48. The maximum absolute atomic E-state index is 12.0. The second-order valence-electron chi connectivity index (χ2n) is 5.75. The minimum atomic E-state index is 0.0343. The van der Waals surface area contributed by atoms with Crippen LogP contribution in [0.2, 0.25) is 0 Å². The zero-order chi connectivity index (χ0) is 16.8. The van der Waals surface area contributed by atoms with Gasteiger partial charge in [-0.3, -0.25) is 9.36 Å². The van der Waals surface area contributed by atoms with Crippen LogP contribution in [0.3, 0.4) is 0 Å². The van der Waals surface area contributed by atoms with E-state index in [0.717, 1.165) is 29.5 Å². The van der Waals surface area contributed by atoms with Crippen molar-refractivity contribution in [2.75, 3.05) is 5.75 Å². The number of benzene rings is 1. The Bertz CT molecular complexity index is 651. The average Bonchev–Trinajstić information content (AvgIpc) is 2.87. The summed E-state index contributed by atoms with van der Waals surface area (Å²) in [6.45, 7) is 8.12. The van der Waals surface area contributed by atoms with Crippen molar-refractivity contribution < 1.29 is 4.79 Å². The number of aromatic nitrogens is 3. The molecule has 0 aliphatic rings. The van der Waals surface area contributed by atoms with Crippen molar-refractivity contribution in [2.24, 2.45) is 0 Å². The molecular weight excluding hydrogens is 308 g/mol. The number of thioether (sulfide) groups is 1. The summed E-state index contributed by atoms with van der Waals surface area (Å²) in [5.74, 6) is 1.20. The minimum absolute atomic E-state index is 0.0343. The van der Waals surface area contributed by atoms with Crippen molar-refractivity contribution in [1.82, 2.24) is 20.1 Å². The molecule has 2 aromatic rings. The number of rotatable bonds is 7. The molecule has 1 atom stereocenters. The number of hydrogen-bond acceptors (Lipinski definition) is 4. The molecule has 5 nitrogen and oxygen atoms in total. The highest BCUT2D eigenvalue weighted by Crippen LogP contribution is 2.22. The van der Waals surface area contributed by atoms with Gasteiger partial charge in [0.05, 0.1) is 5.75 Å². The summed E-state index contributed by atoms with van der Waals surface area (Å²) in [7, 11) is 0. The number of aryl methyl sites for hydroxylation is 2. The number of carbonyl (C=O) groups is 1. The lowest BCUT2D eigenvalue weighted by molar-refractivity contribution is -0.119. The van der Waals surface area contributed by atoms with Gasteiger partial charge in [0.1, 0.15) is 5.82 Å². The summed E-state index contributed by atoms with van der Waals surface area (Å²) in [6.07, 6.45) is 2.06. The molecule has 1 unspecified atom stereocenters. The van der Waals surface area contributed by atoms with Crippen LogP contribution in [0.5, 0.6) is 0 Å². The third kappa shape index (κ3) is 4.82. The monoisotopic (exact) mass is 332 g/mol. The molecule has 23 heavy (non-hydrogen) atoms. The molecule has 0 saturated heterocycles. The van der Waals surface area contributed by atoms with E-state index >= 15 is 0 Å². The fourth-order valence-corrected chi connectivity index (χ4v) is 3.19. The lowest BCUT2D eigenvalue weighted by Gasteiger charge is -2.12. The lowest BCUT2D eigenvalue weighted by atomic mass is 10.2. The standard InChI is InChI=1S/C17H24N4OS/c1-5-6-13(3)18-16(22)11-23-17-20-19-14(4)21(17)15-9-7-12(2)8-10-15/h7-10,13H,5-6,11H2,1-4H3,(H,18,22). The summed E-state index contributed by atoms with van der Waals surface area (Å²) in [5.41, 5.74) is 2.22. The van der Waals surface area contributed by atoms with E-state index in [1.165, 1.54) is 17.3 Å². The molecule has 1 amide bonds. The highest BCUT2D eigenvalue weighted by molar-refractivity contribution is 7.99. The number of nitrogens with one attached hydrogen (secondary N) is 1. The average molecular weight is 332 g/mol. The summed E-state index contributed by atoms with van der Waals surface area (Å²) >= 11 is 1.41. The molecule has 0 aliphatic heterocycles. The topological polar surface area (TPSA) is 59.8 Å². The Balaban J connectivity index is 2.04. The van der Waals surface area contributed by atoms with Crippen LogP contribution >= 0.6 is 11.8 Å². The van der Waals surface area contributed by atoms with E-state index in [2.05, 4.69) is 41.5 Å². The number of carbonyl (C=O) groups excluding carboxylic acids is 1. The van der Waals surface area contributed by atoms with E-state index in [-0.39, 0.29) is 11.9 Å². The molecule has 1 N–H and O–H groups in total. The van der Waals surface area contributed by atoms with Crippen LogP contribution in [0.15, 0.2) is 29.4 Å². The molecule has 1 aromatic carbocycles. The molecule has 6 heteroatoms. The van der Waals surface area contributed by atoms with Gasteiger partial charge in [0.2, 0.25) is 5.91 Å². The van der Waals surface area contributed by atoms with E-state index in [1.54, 1.807) is 0 Å². The molecule has 0 fully saturated rings. The van der Waals surface area contributed by atoms with Crippen molar-refractivity contribution >= 4 is 17.7 Å². The first-order valence-corrected chi connectivity index (χ1v) is 8.91. The number of amides is 1. The SMILES string of the molecule is CCCC(C)NC(=O)CSc1nnc(C)n1-c1ccc(C)cc1. The van der Waals surface area contributed by atoms with Gasteiger partial charge < -0.3 is 5.32 Å². The summed E-state index contributed by atoms with van der Waals surface area (Å²) < 4.78 is 1.98. The van der Waals surface area contributed by atoms with E-state index in [0.29, 0.717) is 5.75 Å². The van der Waals surface area contributed by atoms with Crippen LogP contribution in [0.25, 0.3) is 5.69 Å². The molecule has 0 spiro atoms. The van der Waals surface area contributed by atoms with Gasteiger partial charge in [0.15, 0.2) is 5.16 Å². The van der Waals surface area contributed by atoms with Gasteiger partial charge in [-0.25, -0.2) is 0 Å². The fraction of sp³-hybridized carbons (Fsp3) is 0.471. The molecule has 1 heterocycles. The first-order valence-electron chi connectivity index (χ1n) is 7.92. The molecule has 124 valence electrons. The Morgan fingerprint density at radius 2 is 1.96 bits per heavy atom. The Kier molecular flexibility index (Phi) is 6.21. The van der Waals surface area contributed by atoms with Gasteiger partial charge in [-0.05, 0) is 39.3 Å². The Morgan fingerprint density at radius 1 is 1.26 bits per heavy atom. The van der Waals surface area contributed by atoms with Crippen LogP contribution in [-0.2, 0) is 4.79 Å². The zero-order valence-electron chi connectivity index (χ0n) is 14.2. The molecule has 0 saturated carbocycles. The largest absolute Gasteiger partial charge is 0.353 e. The van der Waals surface area contributed by atoms with Crippen LogP contribution in [0.1, 0.15) is 38.1 Å². The molecule has 0 radical (unpaired) electrons. The molecule has 0 aliphatic carbocycles. The van der Waals surface area contributed by atoms with E-state index in [1.807, 2.05) is 30.5 Å². The van der Waals surface area contributed by atoms with Crippen LogP contribution < -0.4 is 5.32 Å². The highest BCUT2D eigenvalue weighted by atomic mass is 32.2. The minimum Gasteiger partial charge on any atom is -0.353 e. The maximum atomic E-state index is 12.0. The van der Waals surface area contributed by atoms with Gasteiger partial charge in [-0.2, -0.15) is 0 Å². The van der Waals surface area contributed by atoms with Crippen molar-refractivity contribution in [3.63, 3.8) is 0 Å². The quantitative estimate of drug-likeness (QED) is 0.791. The molecule has 2 rings (SSSR count). The van der Waals surface area contributed by atoms with Gasteiger partial charge in [-0.15, -0.1) is 10.2 Å². The van der Waals surface area contributed by atoms with Crippen molar-refractivity contribution in [1.29, 1.82) is 0 Å². The zero-order valence-corrected chi connectivity index (χ0v) is 15.0. The summed E-state index contributed by atoms with van der Waals surface area (Å²) in [5, 5.41) is 12.1. The predicted octanol–water partition coefficient (Wildman–Crippen LogP) is 3.28. The van der Waals surface area contributed by atoms with Gasteiger partial charge in [0, 0.05) is 11.7 Å². The summed E-state index contributed by atoms with van der Waals surface area (Å²) in [4.78, 5) is 12.0. The number of hydrogen-bond donors (Lipinski definition) is 1. The van der Waals surface area contributed by atoms with Crippen molar-refractivity contribution in [3.8, 4) is 5.69 Å². The first kappa shape index (κ1) is 17.5. The van der Waals surface area contributed by atoms with E-state index < -0.39 is 0 Å². The second kappa shape index (κ2) is 8.15. The Hall–Kier alpha value is -1.82.